The maximum atomic E-state index is 12.7. The van der Waals surface area contributed by atoms with Crippen LogP contribution >= 0.6 is 23.2 Å². The first-order valence-corrected chi connectivity index (χ1v) is 11.5. The van der Waals surface area contributed by atoms with Gasteiger partial charge in [-0.25, -0.2) is 13.8 Å². The molecule has 1 N–H and O–H groups in total. The Morgan fingerprint density at radius 3 is 2.43 bits per heavy atom. The van der Waals surface area contributed by atoms with E-state index in [0.717, 1.165) is 5.56 Å². The van der Waals surface area contributed by atoms with Gasteiger partial charge in [0.25, 0.3) is 5.91 Å². The van der Waals surface area contributed by atoms with Crippen molar-refractivity contribution >= 4 is 45.3 Å². The summed E-state index contributed by atoms with van der Waals surface area (Å²) < 4.78 is 26.9. The van der Waals surface area contributed by atoms with Gasteiger partial charge < -0.3 is 0 Å². The van der Waals surface area contributed by atoms with E-state index in [2.05, 4.69) is 10.5 Å². The third-order valence-corrected chi connectivity index (χ3v) is 7.48. The number of carbonyl (C=O) groups is 1. The Kier molecular flexibility index (Phi) is 7.49. The minimum atomic E-state index is -3.52. The summed E-state index contributed by atoms with van der Waals surface area (Å²) in [6.45, 7) is 3.60. The lowest BCUT2D eigenvalue weighted by Gasteiger charge is -2.33. The van der Waals surface area contributed by atoms with E-state index in [0.29, 0.717) is 41.8 Å². The molecule has 0 aromatic heterocycles. The molecule has 1 fully saturated rings. The number of carbonyl (C=O) groups excluding carboxylic acids is 1. The van der Waals surface area contributed by atoms with Gasteiger partial charge in [0.1, 0.15) is 0 Å². The standard InChI is InChI=1S/C20H22Cl2N4O3S/c1-15-5-7-17(8-6-15)30(28,29)26-11-9-25(10-12-26)14-19(27)24-23-13-16-3-2-4-18(21)20(16)22/h2-8,13H,9-12,14H2,1H3,(H,24,27)/b23-13-. The average Bonchev–Trinajstić information content (AvgIpc) is 2.72. The number of benzene rings is 2. The highest BCUT2D eigenvalue weighted by Gasteiger charge is 2.28. The number of rotatable bonds is 6. The molecule has 2 aromatic rings. The average molecular weight is 469 g/mol. The Labute approximate surface area is 186 Å². The van der Waals surface area contributed by atoms with Crippen molar-refractivity contribution in [2.75, 3.05) is 32.7 Å². The van der Waals surface area contributed by atoms with E-state index in [1.807, 2.05) is 11.8 Å². The topological polar surface area (TPSA) is 82.1 Å². The summed E-state index contributed by atoms with van der Waals surface area (Å²) in [5.41, 5.74) is 4.05. The van der Waals surface area contributed by atoms with E-state index in [1.165, 1.54) is 10.5 Å². The number of sulfonamides is 1. The predicted molar refractivity (Wildman–Crippen MR) is 119 cm³/mol. The number of nitrogens with one attached hydrogen (secondary N) is 1. The van der Waals surface area contributed by atoms with Gasteiger partial charge in [-0.1, -0.05) is 53.0 Å². The van der Waals surface area contributed by atoms with Crippen LogP contribution in [-0.4, -0.2) is 62.5 Å². The molecule has 0 radical (unpaired) electrons. The lowest BCUT2D eigenvalue weighted by atomic mass is 10.2. The predicted octanol–water partition coefficient (Wildman–Crippen LogP) is 2.76. The third-order valence-electron chi connectivity index (χ3n) is 4.73. The number of hydrogen-bond acceptors (Lipinski definition) is 5. The Morgan fingerprint density at radius 1 is 1.10 bits per heavy atom. The van der Waals surface area contributed by atoms with Crippen molar-refractivity contribution < 1.29 is 13.2 Å². The van der Waals surface area contributed by atoms with Gasteiger partial charge >= 0.3 is 0 Å². The number of halogens is 2. The molecule has 0 aliphatic carbocycles. The van der Waals surface area contributed by atoms with Gasteiger partial charge in [-0.2, -0.15) is 9.41 Å². The SMILES string of the molecule is Cc1ccc(S(=O)(=O)N2CCN(CC(=O)N/N=C\c3cccc(Cl)c3Cl)CC2)cc1. The molecule has 0 unspecified atom stereocenters. The second-order valence-corrected chi connectivity index (χ2v) is 9.65. The Hall–Kier alpha value is -1.97. The van der Waals surface area contributed by atoms with E-state index in [4.69, 9.17) is 23.2 Å². The lowest BCUT2D eigenvalue weighted by Crippen LogP contribution is -2.50. The molecular weight excluding hydrogens is 447 g/mol. The highest BCUT2D eigenvalue weighted by molar-refractivity contribution is 7.89. The maximum Gasteiger partial charge on any atom is 0.254 e. The summed E-state index contributed by atoms with van der Waals surface area (Å²) in [6.07, 6.45) is 1.43. The minimum absolute atomic E-state index is 0.124. The zero-order valence-electron chi connectivity index (χ0n) is 16.4. The van der Waals surface area contributed by atoms with Crippen LogP contribution in [0.1, 0.15) is 11.1 Å². The molecule has 0 spiro atoms. The smallest absolute Gasteiger partial charge is 0.254 e. The maximum absolute atomic E-state index is 12.7. The highest BCUT2D eigenvalue weighted by Crippen LogP contribution is 2.24. The second-order valence-electron chi connectivity index (χ2n) is 6.93. The van der Waals surface area contributed by atoms with Crippen LogP contribution in [0.2, 0.25) is 10.0 Å². The Balaban J connectivity index is 1.49. The number of nitrogens with zero attached hydrogens (tertiary/aromatic N) is 3. The molecule has 1 aliphatic heterocycles. The molecule has 30 heavy (non-hydrogen) atoms. The first kappa shape index (κ1) is 22.7. The molecule has 1 saturated heterocycles. The quantitative estimate of drug-likeness (QED) is 0.521. The van der Waals surface area contributed by atoms with E-state index < -0.39 is 10.0 Å². The van der Waals surface area contributed by atoms with Crippen LogP contribution in [0, 0.1) is 6.92 Å². The van der Waals surface area contributed by atoms with E-state index in [1.54, 1.807) is 42.5 Å². The molecule has 0 bridgehead atoms. The third kappa shape index (κ3) is 5.59. The summed E-state index contributed by atoms with van der Waals surface area (Å²) in [5.74, 6) is -0.292. The molecule has 7 nitrogen and oxygen atoms in total. The van der Waals surface area contributed by atoms with Crippen LogP contribution in [-0.2, 0) is 14.8 Å². The van der Waals surface area contributed by atoms with E-state index in [-0.39, 0.29) is 17.3 Å². The van der Waals surface area contributed by atoms with Crippen LogP contribution < -0.4 is 5.43 Å². The van der Waals surface area contributed by atoms with Crippen molar-refractivity contribution in [1.82, 2.24) is 14.6 Å². The number of hydrazone groups is 1. The van der Waals surface area contributed by atoms with Crippen LogP contribution in [0.5, 0.6) is 0 Å². The summed E-state index contributed by atoms with van der Waals surface area (Å²) in [4.78, 5) is 14.3. The molecule has 1 heterocycles. The van der Waals surface area contributed by atoms with Crippen LogP contribution in [0.15, 0.2) is 52.5 Å². The molecule has 3 rings (SSSR count). The molecule has 2 aromatic carbocycles. The van der Waals surface area contributed by atoms with Crippen LogP contribution in [0.3, 0.4) is 0 Å². The summed E-state index contributed by atoms with van der Waals surface area (Å²) in [5, 5.41) is 4.68. The first-order chi connectivity index (χ1) is 14.3. The van der Waals surface area contributed by atoms with Crippen LogP contribution in [0.4, 0.5) is 0 Å². The van der Waals surface area contributed by atoms with Crippen LogP contribution in [0.25, 0.3) is 0 Å². The zero-order chi connectivity index (χ0) is 21.7. The van der Waals surface area contributed by atoms with E-state index >= 15 is 0 Å². The number of aryl methyl sites for hydroxylation is 1. The monoisotopic (exact) mass is 468 g/mol. The van der Waals surface area contributed by atoms with Gasteiger partial charge in [-0.05, 0) is 25.1 Å². The van der Waals surface area contributed by atoms with Crippen molar-refractivity contribution in [1.29, 1.82) is 0 Å². The van der Waals surface area contributed by atoms with Gasteiger partial charge in [0.15, 0.2) is 0 Å². The summed E-state index contributed by atoms with van der Waals surface area (Å²) in [7, 11) is -3.52. The molecular formula is C20H22Cl2N4O3S. The molecule has 0 atom stereocenters. The summed E-state index contributed by atoms with van der Waals surface area (Å²) in [6, 6.07) is 11.9. The van der Waals surface area contributed by atoms with Crippen molar-refractivity contribution in [2.24, 2.45) is 5.10 Å². The van der Waals surface area contributed by atoms with Crippen molar-refractivity contribution in [3.05, 3.63) is 63.6 Å². The van der Waals surface area contributed by atoms with Crippen molar-refractivity contribution in [2.45, 2.75) is 11.8 Å². The number of hydrogen-bond donors (Lipinski definition) is 1. The Bertz CT molecular complexity index is 1030. The molecule has 160 valence electrons. The number of amides is 1. The zero-order valence-corrected chi connectivity index (χ0v) is 18.7. The van der Waals surface area contributed by atoms with Crippen molar-refractivity contribution in [3.63, 3.8) is 0 Å². The minimum Gasteiger partial charge on any atom is -0.292 e. The normalized spacial score (nSPS) is 16.1. The largest absolute Gasteiger partial charge is 0.292 e. The lowest BCUT2D eigenvalue weighted by molar-refractivity contribution is -0.122. The fourth-order valence-electron chi connectivity index (χ4n) is 3.02. The molecule has 1 aliphatic rings. The summed E-state index contributed by atoms with van der Waals surface area (Å²) >= 11 is 12.0. The van der Waals surface area contributed by atoms with Gasteiger partial charge in [0.2, 0.25) is 10.0 Å². The second kappa shape index (κ2) is 9.89. The fraction of sp³-hybridized carbons (Fsp3) is 0.300. The van der Waals surface area contributed by atoms with Gasteiger partial charge in [-0.3, -0.25) is 9.69 Å². The highest BCUT2D eigenvalue weighted by atomic mass is 35.5. The van der Waals surface area contributed by atoms with Gasteiger partial charge in [-0.15, -0.1) is 0 Å². The molecule has 10 heteroatoms. The molecule has 1 amide bonds. The molecule has 0 saturated carbocycles. The van der Waals surface area contributed by atoms with Gasteiger partial charge in [0, 0.05) is 31.7 Å². The van der Waals surface area contributed by atoms with Gasteiger partial charge in [0.05, 0.1) is 27.7 Å². The first-order valence-electron chi connectivity index (χ1n) is 9.32. The van der Waals surface area contributed by atoms with Crippen molar-refractivity contribution in [3.8, 4) is 0 Å². The number of piperazine rings is 1. The van der Waals surface area contributed by atoms with E-state index in [9.17, 15) is 13.2 Å². The Morgan fingerprint density at radius 2 is 1.77 bits per heavy atom. The fourth-order valence-corrected chi connectivity index (χ4v) is 4.80.